The van der Waals surface area contributed by atoms with Gasteiger partial charge < -0.3 is 9.32 Å². The predicted octanol–water partition coefficient (Wildman–Crippen LogP) is 11.5. The molecule has 0 radical (unpaired) electrons. The molecule has 0 spiro atoms. The summed E-state index contributed by atoms with van der Waals surface area (Å²) in [5.41, 5.74) is 12.4. The molecule has 1 heterocycles. The molecule has 0 N–H and O–H groups in total. The van der Waals surface area contributed by atoms with Gasteiger partial charge >= 0.3 is 0 Å². The summed E-state index contributed by atoms with van der Waals surface area (Å²) in [4.78, 5) is 2.33. The number of fused-ring (bicyclic) bond motifs is 3. The van der Waals surface area contributed by atoms with Gasteiger partial charge in [0, 0.05) is 33.6 Å². The number of para-hydroxylation sites is 1. The predicted molar refractivity (Wildman–Crippen MR) is 176 cm³/mol. The molecule has 2 nitrogen and oxygen atoms in total. The highest BCUT2D eigenvalue weighted by atomic mass is 16.3. The molecule has 0 saturated heterocycles. The lowest BCUT2D eigenvalue weighted by atomic mass is 9.93. The Kier molecular flexibility index (Phi) is 4.93. The van der Waals surface area contributed by atoms with Gasteiger partial charge in [-0.2, -0.15) is 0 Å². The van der Waals surface area contributed by atoms with E-state index in [1.165, 1.54) is 54.9 Å². The summed E-state index contributed by atoms with van der Waals surface area (Å²) in [6, 6.07) is 54.2. The van der Waals surface area contributed by atoms with Gasteiger partial charge in [-0.05, 0) is 75.2 Å². The molecule has 0 unspecified atom stereocenters. The van der Waals surface area contributed by atoms with Gasteiger partial charge in [0.2, 0.25) is 0 Å². The molecule has 1 aliphatic rings. The molecule has 0 fully saturated rings. The Morgan fingerprint density at radius 3 is 1.79 bits per heavy atom. The third kappa shape index (κ3) is 3.39. The molecule has 0 atom stereocenters. The second-order valence-electron chi connectivity index (χ2n) is 10.9. The van der Waals surface area contributed by atoms with E-state index in [1.807, 2.05) is 0 Å². The van der Waals surface area contributed by atoms with E-state index >= 15 is 0 Å². The Bertz CT molecular complexity index is 2280. The zero-order valence-electron chi connectivity index (χ0n) is 22.8. The summed E-state index contributed by atoms with van der Waals surface area (Å²) in [6.07, 6.45) is 0. The van der Waals surface area contributed by atoms with Crippen molar-refractivity contribution in [1.29, 1.82) is 0 Å². The zero-order valence-corrected chi connectivity index (χ0v) is 22.8. The highest BCUT2D eigenvalue weighted by Gasteiger charge is 2.25. The van der Waals surface area contributed by atoms with Gasteiger partial charge in [0.05, 0.1) is 5.69 Å². The normalized spacial score (nSPS) is 11.8. The Hall–Kier alpha value is -5.60. The molecule has 9 rings (SSSR count). The molecule has 0 saturated carbocycles. The number of furan rings is 1. The Morgan fingerprint density at radius 1 is 0.357 bits per heavy atom. The highest BCUT2D eigenvalue weighted by Crippen LogP contribution is 2.51. The van der Waals surface area contributed by atoms with E-state index in [9.17, 15) is 0 Å². The lowest BCUT2D eigenvalue weighted by Crippen LogP contribution is -2.10. The van der Waals surface area contributed by atoms with Crippen LogP contribution in [0.1, 0.15) is 0 Å². The van der Waals surface area contributed by atoms with Gasteiger partial charge in [0.15, 0.2) is 0 Å². The minimum atomic E-state index is 0.901. The smallest absolute Gasteiger partial charge is 0.138 e. The van der Waals surface area contributed by atoms with Crippen LogP contribution < -0.4 is 4.90 Å². The van der Waals surface area contributed by atoms with Crippen LogP contribution in [0.5, 0.6) is 0 Å². The summed E-state index contributed by atoms with van der Waals surface area (Å²) in [5.74, 6) is 0. The Labute approximate surface area is 243 Å². The van der Waals surface area contributed by atoms with Crippen molar-refractivity contribution in [2.24, 2.45) is 0 Å². The molecule has 196 valence electrons. The summed E-state index contributed by atoms with van der Waals surface area (Å²) in [6.45, 7) is 0. The molecular weight excluding hydrogens is 510 g/mol. The molecule has 2 heteroatoms. The molecule has 0 bridgehead atoms. The number of benzene rings is 7. The first-order valence-electron chi connectivity index (χ1n) is 14.4. The van der Waals surface area contributed by atoms with Crippen LogP contribution in [0.3, 0.4) is 0 Å². The third-order valence-electron chi connectivity index (χ3n) is 8.58. The van der Waals surface area contributed by atoms with Crippen molar-refractivity contribution in [2.45, 2.75) is 0 Å². The minimum absolute atomic E-state index is 0.901. The van der Waals surface area contributed by atoms with Gasteiger partial charge in [0.1, 0.15) is 11.2 Å². The number of hydrogen-bond acceptors (Lipinski definition) is 2. The summed E-state index contributed by atoms with van der Waals surface area (Å²) < 4.78 is 6.66. The number of nitrogens with zero attached hydrogens (tertiary/aromatic N) is 1. The first-order valence-corrected chi connectivity index (χ1v) is 14.4. The molecule has 1 aromatic heterocycles. The second-order valence-corrected chi connectivity index (χ2v) is 10.9. The van der Waals surface area contributed by atoms with Crippen molar-refractivity contribution in [1.82, 2.24) is 0 Å². The topological polar surface area (TPSA) is 16.4 Å². The van der Waals surface area contributed by atoms with Crippen LogP contribution in [-0.2, 0) is 0 Å². The zero-order chi connectivity index (χ0) is 27.6. The number of anilines is 3. The lowest BCUT2D eigenvalue weighted by Gasteiger charge is -2.26. The molecule has 0 aliphatic heterocycles. The van der Waals surface area contributed by atoms with E-state index in [1.54, 1.807) is 0 Å². The third-order valence-corrected chi connectivity index (χ3v) is 8.58. The van der Waals surface area contributed by atoms with Gasteiger partial charge in [0.25, 0.3) is 0 Å². The van der Waals surface area contributed by atoms with E-state index in [0.717, 1.165) is 28.2 Å². The number of hydrogen-bond donors (Lipinski definition) is 0. The molecular formula is C40H25NO. The quantitative estimate of drug-likeness (QED) is 0.223. The van der Waals surface area contributed by atoms with Crippen molar-refractivity contribution in [3.8, 4) is 33.4 Å². The van der Waals surface area contributed by atoms with Crippen molar-refractivity contribution in [2.75, 3.05) is 4.90 Å². The van der Waals surface area contributed by atoms with Gasteiger partial charge in [-0.25, -0.2) is 0 Å². The fourth-order valence-corrected chi connectivity index (χ4v) is 6.73. The van der Waals surface area contributed by atoms with E-state index in [2.05, 4.69) is 157 Å². The summed E-state index contributed by atoms with van der Waals surface area (Å²) >= 11 is 0. The van der Waals surface area contributed by atoms with Crippen LogP contribution in [0.2, 0.25) is 0 Å². The van der Waals surface area contributed by atoms with Crippen LogP contribution >= 0.6 is 0 Å². The maximum absolute atomic E-state index is 6.66. The fourth-order valence-electron chi connectivity index (χ4n) is 6.73. The summed E-state index contributed by atoms with van der Waals surface area (Å²) in [5, 5.41) is 4.89. The van der Waals surface area contributed by atoms with Crippen LogP contribution in [-0.4, -0.2) is 0 Å². The maximum atomic E-state index is 6.66. The van der Waals surface area contributed by atoms with E-state index in [4.69, 9.17) is 4.42 Å². The Morgan fingerprint density at radius 2 is 1.00 bits per heavy atom. The average molecular weight is 536 g/mol. The van der Waals surface area contributed by atoms with Gasteiger partial charge in [-0.15, -0.1) is 0 Å². The fraction of sp³-hybridized carbons (Fsp3) is 0. The molecule has 42 heavy (non-hydrogen) atoms. The van der Waals surface area contributed by atoms with Crippen molar-refractivity contribution in [3.05, 3.63) is 152 Å². The minimum Gasteiger partial charge on any atom is -0.456 e. The van der Waals surface area contributed by atoms with Crippen molar-refractivity contribution in [3.63, 3.8) is 0 Å². The lowest BCUT2D eigenvalue weighted by molar-refractivity contribution is 0.669. The van der Waals surface area contributed by atoms with Crippen LogP contribution in [0, 0.1) is 0 Å². The first kappa shape index (κ1) is 23.1. The number of rotatable bonds is 4. The van der Waals surface area contributed by atoms with Crippen LogP contribution in [0.15, 0.2) is 156 Å². The average Bonchev–Trinajstić information content (AvgIpc) is 3.38. The first-order chi connectivity index (χ1) is 20.8. The molecule has 0 amide bonds. The SMILES string of the molecule is c1ccc(-c2ccc(N(c3ccccc3)c3cc4c5c(c3)oc3ccc6cccc(c6c35)-c3ccccc3-4)cc2)cc1. The van der Waals surface area contributed by atoms with Crippen LogP contribution in [0.25, 0.3) is 66.1 Å². The second kappa shape index (κ2) is 8.95. The van der Waals surface area contributed by atoms with Gasteiger partial charge in [-0.1, -0.05) is 109 Å². The maximum Gasteiger partial charge on any atom is 0.138 e. The summed E-state index contributed by atoms with van der Waals surface area (Å²) in [7, 11) is 0. The highest BCUT2D eigenvalue weighted by molar-refractivity contribution is 6.29. The van der Waals surface area contributed by atoms with Crippen molar-refractivity contribution < 1.29 is 4.42 Å². The molecule has 1 aliphatic carbocycles. The van der Waals surface area contributed by atoms with E-state index < -0.39 is 0 Å². The standard InChI is InChI=1S/C40H25NO/c1-3-10-26(11-4-1)27-18-21-30(22-19-27)41(29-13-5-2-6-14-29)31-24-35-33-16-8-7-15-32(33)34-17-9-12-28-20-23-36-40(38(28)34)39(35)37(25-31)42-36/h1-25H. The largest absolute Gasteiger partial charge is 0.456 e. The van der Waals surface area contributed by atoms with E-state index in [-0.39, 0.29) is 0 Å². The van der Waals surface area contributed by atoms with E-state index in [0.29, 0.717) is 0 Å². The molecule has 8 aromatic rings. The van der Waals surface area contributed by atoms with Crippen LogP contribution in [0.4, 0.5) is 17.1 Å². The van der Waals surface area contributed by atoms with Crippen molar-refractivity contribution >= 4 is 49.8 Å². The monoisotopic (exact) mass is 535 g/mol. The Balaban J connectivity index is 1.32. The molecule has 7 aromatic carbocycles. The van der Waals surface area contributed by atoms with Gasteiger partial charge in [-0.3, -0.25) is 0 Å².